The van der Waals surface area contributed by atoms with Gasteiger partial charge in [0.15, 0.2) is 0 Å². The fraction of sp³-hybridized carbons (Fsp3) is 0.706. The van der Waals surface area contributed by atoms with Crippen LogP contribution in [0.3, 0.4) is 0 Å². The van der Waals surface area contributed by atoms with Crippen molar-refractivity contribution >= 4 is 12.9 Å². The van der Waals surface area contributed by atoms with E-state index in [-0.39, 0.29) is 0 Å². The third-order valence-corrected chi connectivity index (χ3v) is 4.48. The van der Waals surface area contributed by atoms with Gasteiger partial charge in [-0.2, -0.15) is 0 Å². The van der Waals surface area contributed by atoms with Crippen LogP contribution in [0, 0.1) is 0 Å². The lowest BCUT2D eigenvalue weighted by molar-refractivity contribution is -0.0893. The fourth-order valence-corrected chi connectivity index (χ4v) is 2.01. The molecule has 6 nitrogen and oxygen atoms in total. The van der Waals surface area contributed by atoms with E-state index in [4.69, 9.17) is 14.1 Å². The van der Waals surface area contributed by atoms with E-state index in [2.05, 4.69) is 9.88 Å². The van der Waals surface area contributed by atoms with Gasteiger partial charge in [-0.3, -0.25) is 4.90 Å². The van der Waals surface area contributed by atoms with Crippen LogP contribution in [-0.2, 0) is 9.39 Å². The van der Waals surface area contributed by atoms with Crippen LogP contribution in [0.4, 0.5) is 0 Å². The molecule has 2 heterocycles. The van der Waals surface area contributed by atoms with Gasteiger partial charge in [-0.25, -0.2) is 4.98 Å². The van der Waals surface area contributed by atoms with Crippen molar-refractivity contribution in [2.75, 3.05) is 39.5 Å². The minimum atomic E-state index is -0.945. The zero-order valence-corrected chi connectivity index (χ0v) is 15.1. The van der Waals surface area contributed by atoms with E-state index >= 15 is 0 Å². The highest BCUT2D eigenvalue weighted by Gasteiger charge is 2.35. The normalized spacial score (nSPS) is 16.9. The molecule has 0 aromatic carbocycles. The molecular formula is C17H28BN2O4. The molecule has 1 saturated heterocycles. The van der Waals surface area contributed by atoms with Crippen molar-refractivity contribution in [3.63, 3.8) is 0 Å². The zero-order valence-electron chi connectivity index (χ0n) is 15.1. The molecule has 2 rings (SSSR count). The van der Waals surface area contributed by atoms with Gasteiger partial charge >= 0.3 is 7.48 Å². The summed E-state index contributed by atoms with van der Waals surface area (Å²) < 4.78 is 16.7. The lowest BCUT2D eigenvalue weighted by atomic mass is 9.83. The van der Waals surface area contributed by atoms with Crippen LogP contribution >= 0.6 is 0 Å². The smallest absolute Gasteiger partial charge is 0.332 e. The average molecular weight is 335 g/mol. The van der Waals surface area contributed by atoms with Crippen LogP contribution < -0.4 is 10.2 Å². The first-order valence-corrected chi connectivity index (χ1v) is 8.40. The van der Waals surface area contributed by atoms with Crippen LogP contribution in [0.5, 0.6) is 5.88 Å². The summed E-state index contributed by atoms with van der Waals surface area (Å²) in [6.07, 6.45) is 1.70. The molecule has 7 heteroatoms. The van der Waals surface area contributed by atoms with Gasteiger partial charge in [0.25, 0.3) is 0 Å². The number of nitrogens with zero attached hydrogens (tertiary/aromatic N) is 2. The molecule has 0 saturated carbocycles. The topological polar surface area (TPSA) is 64.0 Å². The summed E-state index contributed by atoms with van der Waals surface area (Å²) in [6.45, 7) is 12.1. The summed E-state index contributed by atoms with van der Waals surface area (Å²) in [7, 11) is 1.61. The number of pyridine rings is 1. The fourth-order valence-electron chi connectivity index (χ4n) is 2.01. The number of morpholine rings is 1. The number of aromatic nitrogens is 1. The number of hydrogen-bond acceptors (Lipinski definition) is 6. The quantitative estimate of drug-likeness (QED) is 0.702. The minimum Gasteiger partial charge on any atom is -0.476 e. The van der Waals surface area contributed by atoms with Gasteiger partial charge in [0, 0.05) is 25.8 Å². The van der Waals surface area contributed by atoms with E-state index in [1.165, 1.54) is 0 Å². The first kappa shape index (κ1) is 19.2. The van der Waals surface area contributed by atoms with Gasteiger partial charge in [-0.15, -0.1) is 0 Å². The van der Waals surface area contributed by atoms with Gasteiger partial charge in [-0.1, -0.05) is 6.07 Å². The van der Waals surface area contributed by atoms with E-state index in [1.807, 2.05) is 26.0 Å². The maximum atomic E-state index is 10.1. The molecule has 1 aromatic rings. The molecule has 24 heavy (non-hydrogen) atoms. The van der Waals surface area contributed by atoms with Gasteiger partial charge in [-0.05, 0) is 39.2 Å². The molecular weight excluding hydrogens is 307 g/mol. The highest BCUT2D eigenvalue weighted by atomic mass is 16.5. The van der Waals surface area contributed by atoms with Gasteiger partial charge < -0.3 is 19.2 Å². The Hall–Kier alpha value is -1.15. The zero-order chi connectivity index (χ0) is 17.6. The Morgan fingerprint density at radius 2 is 1.96 bits per heavy atom. The number of hydrogen-bond donors (Lipinski definition) is 1. The lowest BCUT2D eigenvalue weighted by Gasteiger charge is -2.37. The Morgan fingerprint density at radius 3 is 2.54 bits per heavy atom. The van der Waals surface area contributed by atoms with Crippen molar-refractivity contribution < 1.29 is 19.2 Å². The molecule has 1 N–H and O–H groups in total. The SMILES string of the molecule is CC(C)(O)C(C)(C)O[B]c1ccc(OCCN2CCOCC2)nc1. The van der Waals surface area contributed by atoms with Crippen LogP contribution in [0.1, 0.15) is 27.7 Å². The van der Waals surface area contributed by atoms with Gasteiger partial charge in [0.2, 0.25) is 5.88 Å². The Kier molecular flexibility index (Phi) is 6.63. The average Bonchev–Trinajstić information content (AvgIpc) is 2.54. The summed E-state index contributed by atoms with van der Waals surface area (Å²) in [5.41, 5.74) is -0.812. The highest BCUT2D eigenvalue weighted by Crippen LogP contribution is 2.24. The van der Waals surface area contributed by atoms with Crippen LogP contribution in [0.2, 0.25) is 0 Å². The monoisotopic (exact) mass is 335 g/mol. The van der Waals surface area contributed by atoms with E-state index in [1.54, 1.807) is 27.5 Å². The second-order valence-corrected chi connectivity index (χ2v) is 7.04. The summed E-state index contributed by atoms with van der Waals surface area (Å²) in [5.74, 6) is 0.599. The highest BCUT2D eigenvalue weighted by molar-refractivity contribution is 6.46. The molecule has 1 aliphatic heterocycles. The molecule has 0 spiro atoms. The first-order chi connectivity index (χ1) is 11.3. The summed E-state index contributed by atoms with van der Waals surface area (Å²) in [6, 6.07) is 3.71. The second-order valence-electron chi connectivity index (χ2n) is 7.04. The Balaban J connectivity index is 1.74. The Labute approximate surface area is 145 Å². The molecule has 0 bridgehead atoms. The minimum absolute atomic E-state index is 0.599. The molecule has 1 aliphatic rings. The molecule has 1 radical (unpaired) electrons. The summed E-state index contributed by atoms with van der Waals surface area (Å²) in [4.78, 5) is 6.60. The van der Waals surface area contributed by atoms with Gasteiger partial charge in [0.1, 0.15) is 6.61 Å². The largest absolute Gasteiger partial charge is 0.476 e. The molecule has 1 aromatic heterocycles. The molecule has 0 unspecified atom stereocenters. The standard InChI is InChI=1S/C17H28BN2O4/c1-16(2,21)17(3,4)24-18-14-5-6-15(19-13-14)23-12-9-20-7-10-22-11-8-20/h5-6,13,21H,7-12H2,1-4H3. The second kappa shape index (κ2) is 8.29. The van der Waals surface area contributed by atoms with Crippen LogP contribution in [0.25, 0.3) is 0 Å². The number of aliphatic hydroxyl groups is 1. The van der Waals surface area contributed by atoms with Crippen LogP contribution in [0.15, 0.2) is 18.3 Å². The van der Waals surface area contributed by atoms with Crippen LogP contribution in [-0.4, -0.2) is 73.1 Å². The van der Waals surface area contributed by atoms with E-state index in [0.29, 0.717) is 12.5 Å². The van der Waals surface area contributed by atoms with E-state index in [0.717, 1.165) is 38.3 Å². The Morgan fingerprint density at radius 1 is 1.25 bits per heavy atom. The molecule has 1 fully saturated rings. The van der Waals surface area contributed by atoms with Crippen molar-refractivity contribution in [3.8, 4) is 5.88 Å². The molecule has 0 atom stereocenters. The maximum Gasteiger partial charge on any atom is 0.332 e. The summed E-state index contributed by atoms with van der Waals surface area (Å²) in [5, 5.41) is 10.1. The van der Waals surface area contributed by atoms with E-state index < -0.39 is 11.2 Å². The first-order valence-electron chi connectivity index (χ1n) is 8.40. The number of ether oxygens (including phenoxy) is 2. The van der Waals surface area contributed by atoms with Gasteiger partial charge in [0.05, 0.1) is 24.4 Å². The van der Waals surface area contributed by atoms with Crippen molar-refractivity contribution in [2.24, 2.45) is 0 Å². The predicted octanol–water partition coefficient (Wildman–Crippen LogP) is 0.603. The van der Waals surface area contributed by atoms with Crippen molar-refractivity contribution in [3.05, 3.63) is 18.3 Å². The summed E-state index contributed by atoms with van der Waals surface area (Å²) >= 11 is 0. The third kappa shape index (κ3) is 5.74. The molecule has 0 amide bonds. The predicted molar refractivity (Wildman–Crippen MR) is 93.8 cm³/mol. The number of rotatable bonds is 8. The van der Waals surface area contributed by atoms with E-state index in [9.17, 15) is 5.11 Å². The maximum absolute atomic E-state index is 10.1. The molecule has 133 valence electrons. The van der Waals surface area contributed by atoms with Crippen molar-refractivity contribution in [1.82, 2.24) is 9.88 Å². The third-order valence-electron chi connectivity index (χ3n) is 4.48. The Bertz CT molecular complexity index is 496. The lowest BCUT2D eigenvalue weighted by Crippen LogP contribution is -2.49. The molecule has 0 aliphatic carbocycles. The van der Waals surface area contributed by atoms with Crippen molar-refractivity contribution in [1.29, 1.82) is 0 Å². The van der Waals surface area contributed by atoms with Crippen molar-refractivity contribution in [2.45, 2.75) is 38.9 Å².